The van der Waals surface area contributed by atoms with Crippen molar-refractivity contribution in [3.8, 4) is 0 Å². The predicted molar refractivity (Wildman–Crippen MR) is 84.8 cm³/mol. The molecule has 0 bridgehead atoms. The fourth-order valence-electron chi connectivity index (χ4n) is 4.16. The van der Waals surface area contributed by atoms with E-state index in [0.29, 0.717) is 11.6 Å². The number of rotatable bonds is 3. The summed E-state index contributed by atoms with van der Waals surface area (Å²) < 4.78 is 13.2. The van der Waals surface area contributed by atoms with E-state index in [1.165, 1.54) is 44.2 Å². The number of nitrogens with zero attached hydrogens (tertiary/aromatic N) is 1. The van der Waals surface area contributed by atoms with Crippen LogP contribution in [0.5, 0.6) is 0 Å². The molecular weight excluding hydrogens is 287 g/mol. The number of hydrogen-bond acceptors (Lipinski definition) is 2. The summed E-state index contributed by atoms with van der Waals surface area (Å²) >= 11 is 6.24. The molecule has 1 heterocycles. The van der Waals surface area contributed by atoms with E-state index in [4.69, 9.17) is 17.3 Å². The smallest absolute Gasteiger partial charge is 0.124 e. The van der Waals surface area contributed by atoms with Crippen LogP contribution in [0, 0.1) is 17.7 Å². The topological polar surface area (TPSA) is 29.3 Å². The number of hydrogen-bond donors (Lipinski definition) is 1. The van der Waals surface area contributed by atoms with Crippen LogP contribution < -0.4 is 5.73 Å². The van der Waals surface area contributed by atoms with Crippen molar-refractivity contribution in [2.45, 2.75) is 38.1 Å². The molecule has 3 rings (SSSR count). The van der Waals surface area contributed by atoms with Gasteiger partial charge in [-0.3, -0.25) is 4.90 Å². The van der Waals surface area contributed by atoms with Gasteiger partial charge in [0.1, 0.15) is 5.82 Å². The van der Waals surface area contributed by atoms with Crippen molar-refractivity contribution in [2.75, 3.05) is 19.6 Å². The minimum absolute atomic E-state index is 0.112. The zero-order valence-electron chi connectivity index (χ0n) is 12.4. The van der Waals surface area contributed by atoms with Crippen molar-refractivity contribution in [1.29, 1.82) is 0 Å². The Morgan fingerprint density at radius 3 is 2.71 bits per heavy atom. The van der Waals surface area contributed by atoms with E-state index in [-0.39, 0.29) is 11.9 Å². The molecule has 1 aromatic carbocycles. The Morgan fingerprint density at radius 1 is 1.24 bits per heavy atom. The van der Waals surface area contributed by atoms with Gasteiger partial charge in [0.25, 0.3) is 0 Å². The van der Waals surface area contributed by atoms with Gasteiger partial charge in [0.2, 0.25) is 0 Å². The minimum Gasteiger partial charge on any atom is -0.329 e. The highest BCUT2D eigenvalue weighted by Gasteiger charge is 2.34. The number of likely N-dealkylation sites (tertiary alicyclic amines) is 1. The van der Waals surface area contributed by atoms with Crippen LogP contribution in [0.2, 0.25) is 5.02 Å². The van der Waals surface area contributed by atoms with Gasteiger partial charge >= 0.3 is 0 Å². The molecule has 0 radical (unpaired) electrons. The molecule has 1 aliphatic carbocycles. The third-order valence-corrected chi connectivity index (χ3v) is 5.64. The number of fused-ring (bicyclic) bond motifs is 1. The lowest BCUT2D eigenvalue weighted by molar-refractivity contribution is 0.0586. The maximum absolute atomic E-state index is 13.2. The Morgan fingerprint density at radius 2 is 2.00 bits per heavy atom. The van der Waals surface area contributed by atoms with Crippen LogP contribution in [0.25, 0.3) is 0 Å². The van der Waals surface area contributed by atoms with Crippen LogP contribution >= 0.6 is 11.6 Å². The van der Waals surface area contributed by atoms with E-state index in [1.54, 1.807) is 6.07 Å². The molecule has 1 aliphatic heterocycles. The van der Waals surface area contributed by atoms with Gasteiger partial charge < -0.3 is 5.73 Å². The van der Waals surface area contributed by atoms with Gasteiger partial charge in [-0.05, 0) is 48.9 Å². The highest BCUT2D eigenvalue weighted by Crippen LogP contribution is 2.39. The molecule has 0 spiro atoms. The summed E-state index contributed by atoms with van der Waals surface area (Å²) in [6.45, 7) is 2.72. The summed E-state index contributed by atoms with van der Waals surface area (Å²) in [5, 5.41) is 0.496. The van der Waals surface area contributed by atoms with Gasteiger partial charge in [-0.1, -0.05) is 36.9 Å². The molecule has 1 saturated carbocycles. The molecule has 1 saturated heterocycles. The first-order chi connectivity index (χ1) is 10.2. The lowest BCUT2D eigenvalue weighted by Gasteiger charge is -2.44. The lowest BCUT2D eigenvalue weighted by Crippen LogP contribution is -2.45. The first kappa shape index (κ1) is 15.3. The fraction of sp³-hybridized carbons (Fsp3) is 0.647. The zero-order valence-corrected chi connectivity index (χ0v) is 13.2. The van der Waals surface area contributed by atoms with Gasteiger partial charge in [0, 0.05) is 24.2 Å². The second-order valence-electron chi connectivity index (χ2n) is 6.51. The molecule has 2 fully saturated rings. The molecule has 4 heteroatoms. The molecule has 0 aromatic heterocycles. The highest BCUT2D eigenvalue weighted by molar-refractivity contribution is 6.31. The van der Waals surface area contributed by atoms with Crippen molar-refractivity contribution in [2.24, 2.45) is 17.6 Å². The van der Waals surface area contributed by atoms with E-state index in [0.717, 1.165) is 30.5 Å². The summed E-state index contributed by atoms with van der Waals surface area (Å²) in [6, 6.07) is 4.78. The first-order valence-electron chi connectivity index (χ1n) is 8.08. The quantitative estimate of drug-likeness (QED) is 0.914. The highest BCUT2D eigenvalue weighted by atomic mass is 35.5. The molecule has 116 valence electrons. The van der Waals surface area contributed by atoms with E-state index in [2.05, 4.69) is 4.90 Å². The predicted octanol–water partition coefficient (Wildman–Crippen LogP) is 3.99. The Bertz CT molecular complexity index is 494. The van der Waals surface area contributed by atoms with Crippen molar-refractivity contribution in [3.63, 3.8) is 0 Å². The van der Waals surface area contributed by atoms with Crippen molar-refractivity contribution >= 4 is 11.6 Å². The number of nitrogens with two attached hydrogens (primary N) is 1. The Hall–Kier alpha value is -0.640. The normalized spacial score (nSPS) is 28.1. The Kier molecular flexibility index (Phi) is 4.82. The maximum atomic E-state index is 13.2. The zero-order chi connectivity index (χ0) is 14.8. The van der Waals surface area contributed by atoms with Gasteiger partial charge in [-0.15, -0.1) is 0 Å². The van der Waals surface area contributed by atoms with Crippen molar-refractivity contribution in [1.82, 2.24) is 4.90 Å². The number of benzene rings is 1. The molecule has 3 atom stereocenters. The van der Waals surface area contributed by atoms with Gasteiger partial charge in [0.05, 0.1) is 0 Å². The molecule has 3 unspecified atom stereocenters. The SMILES string of the molecule is NCC(c1ccc(F)cc1Cl)N1CCC2CCCCC2C1. The van der Waals surface area contributed by atoms with Gasteiger partial charge in [-0.25, -0.2) is 4.39 Å². The summed E-state index contributed by atoms with van der Waals surface area (Å²) in [7, 11) is 0. The molecule has 21 heavy (non-hydrogen) atoms. The first-order valence-corrected chi connectivity index (χ1v) is 8.46. The second-order valence-corrected chi connectivity index (χ2v) is 6.91. The van der Waals surface area contributed by atoms with Gasteiger partial charge in [-0.2, -0.15) is 0 Å². The van der Waals surface area contributed by atoms with Crippen LogP contribution in [0.1, 0.15) is 43.7 Å². The molecule has 2 N–H and O–H groups in total. The molecule has 2 nitrogen and oxygen atoms in total. The van der Waals surface area contributed by atoms with E-state index >= 15 is 0 Å². The van der Waals surface area contributed by atoms with Crippen molar-refractivity contribution < 1.29 is 4.39 Å². The summed E-state index contributed by atoms with van der Waals surface area (Å²) in [5.41, 5.74) is 6.98. The number of halogens is 2. The number of piperidine rings is 1. The van der Waals surface area contributed by atoms with E-state index in [1.807, 2.05) is 0 Å². The fourth-order valence-corrected chi connectivity index (χ4v) is 4.45. The van der Waals surface area contributed by atoms with Crippen LogP contribution in [0.15, 0.2) is 18.2 Å². The Balaban J connectivity index is 1.77. The van der Waals surface area contributed by atoms with E-state index < -0.39 is 0 Å². The molecule has 2 aliphatic rings. The van der Waals surface area contributed by atoms with Gasteiger partial charge in [0.15, 0.2) is 0 Å². The summed E-state index contributed by atoms with van der Waals surface area (Å²) in [4.78, 5) is 2.46. The lowest BCUT2D eigenvalue weighted by atomic mass is 9.74. The Labute approximate surface area is 131 Å². The largest absolute Gasteiger partial charge is 0.329 e. The molecule has 0 amide bonds. The van der Waals surface area contributed by atoms with Crippen LogP contribution in [0.3, 0.4) is 0 Å². The summed E-state index contributed by atoms with van der Waals surface area (Å²) in [5.74, 6) is 1.42. The third-order valence-electron chi connectivity index (χ3n) is 5.31. The monoisotopic (exact) mass is 310 g/mol. The summed E-state index contributed by atoms with van der Waals surface area (Å²) in [6.07, 6.45) is 6.75. The molecular formula is C17H24ClFN2. The average Bonchev–Trinajstić information content (AvgIpc) is 2.50. The standard InChI is InChI=1S/C17H24ClFN2/c18-16-9-14(19)5-6-15(16)17(10-20)21-8-7-12-3-1-2-4-13(12)11-21/h5-6,9,12-13,17H,1-4,7-8,10-11,20H2. The minimum atomic E-state index is -0.287. The van der Waals surface area contributed by atoms with E-state index in [9.17, 15) is 4.39 Å². The molecule has 1 aromatic rings. The maximum Gasteiger partial charge on any atom is 0.124 e. The van der Waals surface area contributed by atoms with Crippen LogP contribution in [0.4, 0.5) is 4.39 Å². The second kappa shape index (κ2) is 6.64. The van der Waals surface area contributed by atoms with Crippen LogP contribution in [-0.2, 0) is 0 Å². The third kappa shape index (κ3) is 3.25. The van der Waals surface area contributed by atoms with Crippen molar-refractivity contribution in [3.05, 3.63) is 34.6 Å². The van der Waals surface area contributed by atoms with Crippen LogP contribution in [-0.4, -0.2) is 24.5 Å². The average molecular weight is 311 g/mol.